The number of thiophene rings is 1. The van der Waals surface area contributed by atoms with Gasteiger partial charge in [0.2, 0.25) is 0 Å². The molecule has 6 rings (SSSR count). The first-order chi connectivity index (χ1) is 19.6. The molecule has 40 heavy (non-hydrogen) atoms. The Hall–Kier alpha value is -3.14. The van der Waals surface area contributed by atoms with E-state index in [1.54, 1.807) is 17.0 Å². The predicted molar refractivity (Wildman–Crippen MR) is 155 cm³/mol. The van der Waals surface area contributed by atoms with E-state index in [0.717, 1.165) is 38.4 Å². The number of benzene rings is 2. The molecule has 3 aliphatic rings. The Morgan fingerprint density at radius 1 is 1.10 bits per heavy atom. The number of amides is 1. The molecule has 2 aromatic carbocycles. The van der Waals surface area contributed by atoms with Crippen LogP contribution >= 0.6 is 11.3 Å². The highest BCUT2D eigenvalue weighted by molar-refractivity contribution is 7.11. The summed E-state index contributed by atoms with van der Waals surface area (Å²) in [6, 6.07) is 17.1. The fraction of sp³-hybridized carbons (Fsp3) is 0.452. The summed E-state index contributed by atoms with van der Waals surface area (Å²) in [5, 5.41) is 2.41. The standard InChI is InChI=1S/C31H36FN3O4S/c1-2-13-38-24-8-5-22(6-9-24)18-33-19-25-26(20-33)27(25)21-35(31(36)39-30-4-3-16-40-30)23-7-10-29(28(32)17-23)34-11-14-37-15-12-34/h3-10,16-17,25-27H,2,11-15,18-21H2,1H3. The Balaban J connectivity index is 1.10. The second-order valence-electron chi connectivity index (χ2n) is 10.8. The molecule has 212 valence electrons. The van der Waals surface area contributed by atoms with Gasteiger partial charge in [0.25, 0.3) is 0 Å². The lowest BCUT2D eigenvalue weighted by molar-refractivity contribution is 0.122. The van der Waals surface area contributed by atoms with Crippen molar-refractivity contribution >= 4 is 28.8 Å². The van der Waals surface area contributed by atoms with Gasteiger partial charge in [-0.15, -0.1) is 11.3 Å². The van der Waals surface area contributed by atoms with Crippen LogP contribution in [0.2, 0.25) is 0 Å². The quantitative estimate of drug-likeness (QED) is 0.305. The number of fused-ring (bicyclic) bond motifs is 1. The number of anilines is 2. The summed E-state index contributed by atoms with van der Waals surface area (Å²) >= 11 is 1.37. The molecule has 3 fully saturated rings. The molecule has 2 aliphatic heterocycles. The minimum atomic E-state index is -0.465. The topological polar surface area (TPSA) is 54.5 Å². The van der Waals surface area contributed by atoms with E-state index in [1.165, 1.54) is 23.0 Å². The number of ether oxygens (including phenoxy) is 3. The van der Waals surface area contributed by atoms with Crippen LogP contribution in [0.25, 0.3) is 0 Å². The Labute approximate surface area is 239 Å². The number of carbonyl (C=O) groups excluding carboxylic acids is 1. The predicted octanol–water partition coefficient (Wildman–Crippen LogP) is 5.90. The second kappa shape index (κ2) is 12.2. The van der Waals surface area contributed by atoms with Crippen molar-refractivity contribution in [1.29, 1.82) is 0 Å². The summed E-state index contributed by atoms with van der Waals surface area (Å²) in [4.78, 5) is 19.4. The molecule has 0 N–H and O–H groups in total. The molecule has 1 aromatic heterocycles. The molecule has 9 heteroatoms. The van der Waals surface area contributed by atoms with Gasteiger partial charge in [0.05, 0.1) is 31.2 Å². The lowest BCUT2D eigenvalue weighted by Crippen LogP contribution is -2.38. The third kappa shape index (κ3) is 6.11. The SMILES string of the molecule is CCCOc1ccc(CN2CC3C(C2)C3CN(C(=O)Oc2cccs2)c2ccc(N3CCOCC3)c(F)c2)cc1. The van der Waals surface area contributed by atoms with E-state index in [-0.39, 0.29) is 5.82 Å². The van der Waals surface area contributed by atoms with Gasteiger partial charge in [-0.25, -0.2) is 9.18 Å². The summed E-state index contributed by atoms with van der Waals surface area (Å²) in [6.45, 7) is 8.74. The Morgan fingerprint density at radius 3 is 2.55 bits per heavy atom. The van der Waals surface area contributed by atoms with Crippen LogP contribution in [0.3, 0.4) is 0 Å². The molecule has 3 aromatic rings. The van der Waals surface area contributed by atoms with Crippen molar-refractivity contribution in [3.8, 4) is 10.8 Å². The summed E-state index contributed by atoms with van der Waals surface area (Å²) in [5.74, 6) is 2.02. The van der Waals surface area contributed by atoms with E-state index in [9.17, 15) is 4.79 Å². The van der Waals surface area contributed by atoms with Gasteiger partial charge in [0.1, 0.15) is 11.6 Å². The second-order valence-corrected chi connectivity index (χ2v) is 11.7. The molecular weight excluding hydrogens is 529 g/mol. The zero-order valence-corrected chi connectivity index (χ0v) is 23.7. The van der Waals surface area contributed by atoms with Crippen LogP contribution in [-0.4, -0.2) is 63.5 Å². The van der Waals surface area contributed by atoms with Crippen LogP contribution in [-0.2, 0) is 11.3 Å². The minimum absolute atomic E-state index is 0.332. The van der Waals surface area contributed by atoms with E-state index in [0.29, 0.717) is 67.0 Å². The van der Waals surface area contributed by atoms with Crippen molar-refractivity contribution < 1.29 is 23.4 Å². The molecule has 0 bridgehead atoms. The average Bonchev–Trinajstić information content (AvgIpc) is 3.31. The van der Waals surface area contributed by atoms with Crippen molar-refractivity contribution in [1.82, 2.24) is 4.90 Å². The molecular formula is C31H36FN3O4S. The van der Waals surface area contributed by atoms with Gasteiger partial charge in [0.15, 0.2) is 5.06 Å². The van der Waals surface area contributed by atoms with Gasteiger partial charge in [-0.1, -0.05) is 19.1 Å². The van der Waals surface area contributed by atoms with E-state index in [2.05, 4.69) is 24.0 Å². The molecule has 2 unspecified atom stereocenters. The maximum atomic E-state index is 15.3. The highest BCUT2D eigenvalue weighted by Gasteiger charge is 2.56. The Morgan fingerprint density at radius 2 is 1.88 bits per heavy atom. The Bertz CT molecular complexity index is 1270. The smallest absolute Gasteiger partial charge is 0.420 e. The first-order valence-electron chi connectivity index (χ1n) is 14.2. The van der Waals surface area contributed by atoms with Crippen molar-refractivity contribution in [2.75, 3.05) is 62.3 Å². The Kier molecular flexibility index (Phi) is 8.22. The summed E-state index contributed by atoms with van der Waals surface area (Å²) in [5.41, 5.74) is 2.35. The average molecular weight is 566 g/mol. The number of rotatable bonds is 10. The van der Waals surface area contributed by atoms with Crippen molar-refractivity contribution in [2.24, 2.45) is 17.8 Å². The molecule has 1 aliphatic carbocycles. The minimum Gasteiger partial charge on any atom is -0.494 e. The number of likely N-dealkylation sites (tertiary alicyclic amines) is 1. The number of carbonyl (C=O) groups is 1. The van der Waals surface area contributed by atoms with Crippen molar-refractivity contribution in [3.63, 3.8) is 0 Å². The van der Waals surface area contributed by atoms with Crippen LogP contribution < -0.4 is 19.3 Å². The van der Waals surface area contributed by atoms with Crippen LogP contribution in [0, 0.1) is 23.6 Å². The fourth-order valence-corrected chi connectivity index (χ4v) is 6.56. The van der Waals surface area contributed by atoms with E-state index < -0.39 is 6.09 Å². The third-order valence-corrected chi connectivity index (χ3v) is 8.89. The third-order valence-electron chi connectivity index (χ3n) is 8.14. The van der Waals surface area contributed by atoms with Crippen molar-refractivity contribution in [2.45, 2.75) is 19.9 Å². The largest absolute Gasteiger partial charge is 0.494 e. The maximum absolute atomic E-state index is 15.3. The molecule has 3 heterocycles. The summed E-state index contributed by atoms with van der Waals surface area (Å²) in [7, 11) is 0. The number of nitrogens with zero attached hydrogens (tertiary/aromatic N) is 3. The lowest BCUT2D eigenvalue weighted by atomic mass is 10.1. The highest BCUT2D eigenvalue weighted by atomic mass is 32.1. The molecule has 0 spiro atoms. The van der Waals surface area contributed by atoms with Crippen molar-refractivity contribution in [3.05, 3.63) is 71.4 Å². The monoisotopic (exact) mass is 565 g/mol. The van der Waals surface area contributed by atoms with Crippen LogP contribution in [0.4, 0.5) is 20.6 Å². The number of hydrogen-bond donors (Lipinski definition) is 0. The number of halogens is 1. The zero-order valence-electron chi connectivity index (χ0n) is 22.8. The summed E-state index contributed by atoms with van der Waals surface area (Å²) < 4.78 is 32.1. The number of piperidine rings is 1. The molecule has 1 amide bonds. The number of morpholine rings is 1. The van der Waals surface area contributed by atoms with Gasteiger partial charge < -0.3 is 19.1 Å². The lowest BCUT2D eigenvalue weighted by Gasteiger charge is -2.30. The summed E-state index contributed by atoms with van der Waals surface area (Å²) in [6.07, 6.45) is 0.533. The zero-order chi connectivity index (χ0) is 27.5. The van der Waals surface area contributed by atoms with E-state index in [1.807, 2.05) is 34.5 Å². The normalized spacial score (nSPS) is 22.1. The maximum Gasteiger partial charge on any atom is 0.420 e. The molecule has 1 saturated carbocycles. The van der Waals surface area contributed by atoms with Gasteiger partial charge in [-0.2, -0.15) is 0 Å². The van der Waals surface area contributed by atoms with Crippen LogP contribution in [0.1, 0.15) is 18.9 Å². The van der Waals surface area contributed by atoms with Crippen LogP contribution in [0.5, 0.6) is 10.8 Å². The first kappa shape index (κ1) is 27.1. The fourth-order valence-electron chi connectivity index (χ4n) is 5.99. The first-order valence-corrected chi connectivity index (χ1v) is 15.1. The molecule has 2 saturated heterocycles. The van der Waals surface area contributed by atoms with E-state index >= 15 is 4.39 Å². The highest BCUT2D eigenvalue weighted by Crippen LogP contribution is 2.52. The van der Waals surface area contributed by atoms with Gasteiger partial charge >= 0.3 is 6.09 Å². The van der Waals surface area contributed by atoms with Gasteiger partial charge in [-0.3, -0.25) is 9.80 Å². The molecule has 7 nitrogen and oxygen atoms in total. The van der Waals surface area contributed by atoms with Crippen LogP contribution in [0.15, 0.2) is 60.0 Å². The van der Waals surface area contributed by atoms with Gasteiger partial charge in [0, 0.05) is 39.3 Å². The van der Waals surface area contributed by atoms with Gasteiger partial charge in [-0.05, 0) is 77.6 Å². The molecule has 2 atom stereocenters. The van der Waals surface area contributed by atoms with E-state index in [4.69, 9.17) is 14.2 Å². The number of hydrogen-bond acceptors (Lipinski definition) is 7. The molecule has 0 radical (unpaired) electrons.